The largest absolute Gasteiger partial charge is 0.469 e. The minimum absolute atomic E-state index is 0.0443. The van der Waals surface area contributed by atoms with Gasteiger partial charge in [0.15, 0.2) is 5.11 Å². The van der Waals surface area contributed by atoms with E-state index in [9.17, 15) is 4.79 Å². The molecule has 33 heavy (non-hydrogen) atoms. The smallest absolute Gasteiger partial charge is 0.305 e. The van der Waals surface area contributed by atoms with Gasteiger partial charge in [-0.1, -0.05) is 28.1 Å². The summed E-state index contributed by atoms with van der Waals surface area (Å²) in [5, 5.41) is 4.16. The van der Waals surface area contributed by atoms with Crippen LogP contribution in [0.5, 0.6) is 0 Å². The standard InChI is InChI=1S/C25H27BrN4O2S/c1-16-14-20(17(2)30(16)19-9-6-8-18(26)15-19)24-23(21-10-4-5-12-27-21)28-25(33)29(24)13-7-11-22(31)32-3/h4-6,8-10,12,14-15,23-24H,7,11,13H2,1-3H3,(H,28,33). The van der Waals surface area contributed by atoms with Crippen LogP contribution in [0.25, 0.3) is 5.69 Å². The van der Waals surface area contributed by atoms with Crippen molar-refractivity contribution in [1.29, 1.82) is 0 Å². The molecule has 0 bridgehead atoms. The van der Waals surface area contributed by atoms with E-state index in [1.807, 2.05) is 36.5 Å². The normalized spacial score (nSPS) is 17.8. The molecule has 2 atom stereocenters. The molecule has 1 N–H and O–H groups in total. The topological polar surface area (TPSA) is 59.4 Å². The van der Waals surface area contributed by atoms with E-state index in [0.29, 0.717) is 24.5 Å². The molecule has 1 aliphatic heterocycles. The van der Waals surface area contributed by atoms with Crippen LogP contribution in [0, 0.1) is 13.8 Å². The SMILES string of the molecule is COC(=O)CCCN1C(=S)NC(c2ccccn2)C1c1cc(C)n(-c2cccc(Br)c2)c1C. The molecule has 4 rings (SSSR count). The Morgan fingerprint density at radius 1 is 1.21 bits per heavy atom. The van der Waals surface area contributed by atoms with Crippen LogP contribution in [-0.4, -0.2) is 39.2 Å². The van der Waals surface area contributed by atoms with Crippen LogP contribution in [0.2, 0.25) is 0 Å². The van der Waals surface area contributed by atoms with Crippen molar-refractivity contribution >= 4 is 39.2 Å². The van der Waals surface area contributed by atoms with Crippen molar-refractivity contribution in [2.75, 3.05) is 13.7 Å². The van der Waals surface area contributed by atoms with Gasteiger partial charge in [-0.3, -0.25) is 9.78 Å². The number of rotatable bonds is 7. The Morgan fingerprint density at radius 3 is 2.73 bits per heavy atom. The van der Waals surface area contributed by atoms with Crippen molar-refractivity contribution < 1.29 is 9.53 Å². The number of benzene rings is 1. The molecule has 3 heterocycles. The lowest BCUT2D eigenvalue weighted by atomic mass is 9.96. The lowest BCUT2D eigenvalue weighted by molar-refractivity contribution is -0.140. The molecule has 6 nitrogen and oxygen atoms in total. The van der Waals surface area contributed by atoms with Crippen LogP contribution in [0.15, 0.2) is 59.2 Å². The number of hydrogen-bond donors (Lipinski definition) is 1. The Hall–Kier alpha value is -2.71. The van der Waals surface area contributed by atoms with Crippen LogP contribution >= 0.6 is 28.1 Å². The summed E-state index contributed by atoms with van der Waals surface area (Å²) >= 11 is 9.34. The maximum Gasteiger partial charge on any atom is 0.305 e. The van der Waals surface area contributed by atoms with Crippen LogP contribution in [-0.2, 0) is 9.53 Å². The van der Waals surface area contributed by atoms with Gasteiger partial charge >= 0.3 is 5.97 Å². The summed E-state index contributed by atoms with van der Waals surface area (Å²) in [6, 6.07) is 16.3. The maximum atomic E-state index is 11.7. The fraction of sp³-hybridized carbons (Fsp3) is 0.320. The fourth-order valence-electron chi connectivity index (χ4n) is 4.58. The van der Waals surface area contributed by atoms with Crippen molar-refractivity contribution in [3.63, 3.8) is 0 Å². The van der Waals surface area contributed by atoms with Crippen molar-refractivity contribution in [1.82, 2.24) is 19.8 Å². The number of ether oxygens (including phenoxy) is 1. The number of hydrogen-bond acceptors (Lipinski definition) is 4. The summed E-state index contributed by atoms with van der Waals surface area (Å²) in [4.78, 5) is 18.5. The molecule has 0 amide bonds. The number of nitrogens with zero attached hydrogens (tertiary/aromatic N) is 3. The Labute approximate surface area is 208 Å². The minimum atomic E-state index is -0.210. The van der Waals surface area contributed by atoms with E-state index in [0.717, 1.165) is 27.2 Å². The summed E-state index contributed by atoms with van der Waals surface area (Å²) in [5.41, 5.74) is 5.53. The number of carbonyl (C=O) groups excluding carboxylic acids is 1. The summed E-state index contributed by atoms with van der Waals surface area (Å²) in [7, 11) is 1.42. The van der Waals surface area contributed by atoms with Gasteiger partial charge < -0.3 is 19.5 Å². The van der Waals surface area contributed by atoms with Gasteiger partial charge in [0.25, 0.3) is 0 Å². The second kappa shape index (κ2) is 10.1. The Balaban J connectivity index is 1.75. The van der Waals surface area contributed by atoms with Gasteiger partial charge in [-0.25, -0.2) is 0 Å². The minimum Gasteiger partial charge on any atom is -0.469 e. The number of aromatic nitrogens is 2. The molecule has 2 aromatic heterocycles. The summed E-state index contributed by atoms with van der Waals surface area (Å²) in [6.45, 7) is 4.91. The Morgan fingerprint density at radius 2 is 2.03 bits per heavy atom. The second-order valence-electron chi connectivity index (χ2n) is 8.14. The molecule has 0 saturated carbocycles. The Bertz CT molecular complexity index is 1160. The number of carbonyl (C=O) groups is 1. The van der Waals surface area contributed by atoms with Gasteiger partial charge in [-0.2, -0.15) is 0 Å². The van der Waals surface area contributed by atoms with Crippen molar-refractivity contribution in [2.45, 2.75) is 38.8 Å². The fourth-order valence-corrected chi connectivity index (χ4v) is 5.30. The number of thiocarbonyl (C=S) groups is 1. The summed E-state index contributed by atoms with van der Waals surface area (Å²) in [5.74, 6) is -0.210. The number of aryl methyl sites for hydroxylation is 1. The van der Waals surface area contributed by atoms with Crippen LogP contribution < -0.4 is 5.32 Å². The first-order chi connectivity index (χ1) is 15.9. The third-order valence-corrected chi connectivity index (χ3v) is 6.91. The third kappa shape index (κ3) is 4.82. The van der Waals surface area contributed by atoms with Crippen LogP contribution in [0.3, 0.4) is 0 Å². The van der Waals surface area contributed by atoms with Crippen LogP contribution in [0.4, 0.5) is 0 Å². The average Bonchev–Trinajstić information content (AvgIpc) is 3.29. The van der Waals surface area contributed by atoms with Crippen molar-refractivity contribution in [2.24, 2.45) is 0 Å². The first kappa shape index (κ1) is 23.4. The summed E-state index contributed by atoms with van der Waals surface area (Å²) < 4.78 is 8.12. The van der Waals surface area contributed by atoms with E-state index in [-0.39, 0.29) is 18.1 Å². The molecule has 3 aromatic rings. The van der Waals surface area contributed by atoms with Gasteiger partial charge in [-0.05, 0) is 74.4 Å². The highest BCUT2D eigenvalue weighted by molar-refractivity contribution is 9.10. The number of methoxy groups -OCH3 is 1. The Kier molecular flexibility index (Phi) is 7.14. The molecule has 0 spiro atoms. The van der Waals surface area contributed by atoms with Gasteiger partial charge in [0.2, 0.25) is 0 Å². The van der Waals surface area contributed by atoms with E-state index in [2.05, 4.69) is 67.7 Å². The summed E-state index contributed by atoms with van der Waals surface area (Å²) in [6.07, 6.45) is 2.82. The highest BCUT2D eigenvalue weighted by atomic mass is 79.9. The molecule has 1 fully saturated rings. The molecule has 2 unspecified atom stereocenters. The predicted molar refractivity (Wildman–Crippen MR) is 136 cm³/mol. The molecule has 0 radical (unpaired) electrons. The number of nitrogens with one attached hydrogen (secondary N) is 1. The molecular formula is C25H27BrN4O2S. The molecule has 8 heteroatoms. The van der Waals surface area contributed by atoms with E-state index >= 15 is 0 Å². The first-order valence-electron chi connectivity index (χ1n) is 10.9. The van der Waals surface area contributed by atoms with Gasteiger partial charge in [0, 0.05) is 40.7 Å². The van der Waals surface area contributed by atoms with E-state index in [1.54, 1.807) is 0 Å². The molecular weight excluding hydrogens is 500 g/mol. The predicted octanol–water partition coefficient (Wildman–Crippen LogP) is 5.18. The van der Waals surface area contributed by atoms with Crippen molar-refractivity contribution in [3.8, 4) is 5.69 Å². The lowest BCUT2D eigenvalue weighted by Crippen LogP contribution is -2.31. The monoisotopic (exact) mass is 526 g/mol. The van der Waals surface area contributed by atoms with Crippen LogP contribution in [0.1, 0.15) is 47.6 Å². The maximum absolute atomic E-state index is 11.7. The zero-order valence-corrected chi connectivity index (χ0v) is 21.3. The lowest BCUT2D eigenvalue weighted by Gasteiger charge is -2.28. The number of halogens is 1. The highest BCUT2D eigenvalue weighted by Crippen LogP contribution is 2.41. The molecule has 1 saturated heterocycles. The van der Waals surface area contributed by atoms with Gasteiger partial charge in [-0.15, -0.1) is 0 Å². The van der Waals surface area contributed by atoms with E-state index in [1.165, 1.54) is 12.7 Å². The molecule has 172 valence electrons. The zero-order valence-electron chi connectivity index (χ0n) is 18.9. The number of esters is 1. The van der Waals surface area contributed by atoms with Crippen molar-refractivity contribution in [3.05, 3.63) is 81.8 Å². The zero-order chi connectivity index (χ0) is 23.5. The molecule has 1 aromatic carbocycles. The van der Waals surface area contributed by atoms with E-state index < -0.39 is 0 Å². The second-order valence-corrected chi connectivity index (χ2v) is 9.44. The van der Waals surface area contributed by atoms with E-state index in [4.69, 9.17) is 17.0 Å². The quantitative estimate of drug-likeness (QED) is 0.338. The third-order valence-electron chi connectivity index (χ3n) is 6.06. The first-order valence-corrected chi connectivity index (χ1v) is 12.1. The molecule has 0 aliphatic carbocycles. The highest BCUT2D eigenvalue weighted by Gasteiger charge is 2.41. The average molecular weight is 527 g/mol. The van der Waals surface area contributed by atoms with Gasteiger partial charge in [0.1, 0.15) is 0 Å². The van der Waals surface area contributed by atoms with Gasteiger partial charge in [0.05, 0.1) is 24.9 Å². The molecule has 1 aliphatic rings. The number of pyridine rings is 1.